The number of carbonyl (C=O) groups is 1. The normalized spacial score (nSPS) is 10.6. The van der Waals surface area contributed by atoms with Crippen molar-refractivity contribution in [3.8, 4) is 22.8 Å². The van der Waals surface area contributed by atoms with Gasteiger partial charge in [-0.05, 0) is 37.3 Å². The van der Waals surface area contributed by atoms with E-state index in [-0.39, 0.29) is 23.9 Å². The van der Waals surface area contributed by atoms with Gasteiger partial charge in [0.2, 0.25) is 0 Å². The van der Waals surface area contributed by atoms with Crippen LogP contribution in [0.25, 0.3) is 11.3 Å². The number of methoxy groups -OCH3 is 1. The Kier molecular flexibility index (Phi) is 6.10. The lowest BCUT2D eigenvalue weighted by Gasteiger charge is -2.12. The fourth-order valence-electron chi connectivity index (χ4n) is 2.50. The molecule has 0 aliphatic rings. The van der Waals surface area contributed by atoms with Gasteiger partial charge >= 0.3 is 5.97 Å². The average molecular weight is 406 g/mol. The van der Waals surface area contributed by atoms with E-state index in [1.807, 2.05) is 0 Å². The van der Waals surface area contributed by atoms with Crippen LogP contribution in [0.4, 0.5) is 4.39 Å². The smallest absolute Gasteiger partial charge is 0.361 e. The van der Waals surface area contributed by atoms with E-state index in [1.165, 1.54) is 19.2 Å². The molecular formula is C19H17ClFN3O4. The number of rotatable bonds is 7. The lowest BCUT2D eigenvalue weighted by atomic mass is 10.1. The van der Waals surface area contributed by atoms with Gasteiger partial charge in [-0.25, -0.2) is 9.18 Å². The molecule has 146 valence electrons. The number of nitrogens with zero attached hydrogens (tertiary/aromatic N) is 2. The van der Waals surface area contributed by atoms with E-state index in [1.54, 1.807) is 31.2 Å². The number of aromatic nitrogens is 3. The summed E-state index contributed by atoms with van der Waals surface area (Å²) in [5.74, 6) is -0.112. The predicted octanol–water partition coefficient (Wildman–Crippen LogP) is 4.03. The Hall–Kier alpha value is -3.13. The van der Waals surface area contributed by atoms with Crippen LogP contribution >= 0.6 is 11.6 Å². The van der Waals surface area contributed by atoms with Gasteiger partial charge < -0.3 is 14.2 Å². The molecule has 0 saturated carbocycles. The third kappa shape index (κ3) is 4.23. The number of hydrogen-bond donors (Lipinski definition) is 1. The molecule has 0 bridgehead atoms. The van der Waals surface area contributed by atoms with Crippen molar-refractivity contribution in [3.05, 3.63) is 58.5 Å². The SMILES string of the molecule is CCOC(=O)c1n[nH]nc1-c1ccc(OCc2ccc(F)cc2Cl)c(OC)c1. The third-order valence-electron chi connectivity index (χ3n) is 3.85. The van der Waals surface area contributed by atoms with Gasteiger partial charge in [-0.2, -0.15) is 10.3 Å². The number of benzene rings is 2. The summed E-state index contributed by atoms with van der Waals surface area (Å²) in [7, 11) is 1.49. The van der Waals surface area contributed by atoms with Crippen LogP contribution in [-0.2, 0) is 11.3 Å². The zero-order valence-corrected chi connectivity index (χ0v) is 15.9. The Morgan fingerprint density at radius 1 is 1.18 bits per heavy atom. The quantitative estimate of drug-likeness (QED) is 0.597. The molecule has 3 aromatic rings. The number of aromatic amines is 1. The summed E-state index contributed by atoms with van der Waals surface area (Å²) in [6, 6.07) is 9.15. The van der Waals surface area contributed by atoms with E-state index in [0.29, 0.717) is 28.3 Å². The second-order valence-corrected chi connectivity index (χ2v) is 6.04. The molecule has 0 aliphatic carbocycles. The first-order valence-electron chi connectivity index (χ1n) is 8.36. The monoisotopic (exact) mass is 405 g/mol. The molecule has 28 heavy (non-hydrogen) atoms. The Labute approximate surface area is 165 Å². The van der Waals surface area contributed by atoms with Crippen LogP contribution in [0.3, 0.4) is 0 Å². The number of halogens is 2. The highest BCUT2D eigenvalue weighted by Gasteiger charge is 2.20. The number of carbonyl (C=O) groups excluding carboxylic acids is 1. The van der Waals surface area contributed by atoms with Crippen LogP contribution < -0.4 is 9.47 Å². The lowest BCUT2D eigenvalue weighted by molar-refractivity contribution is 0.0520. The third-order valence-corrected chi connectivity index (χ3v) is 4.20. The molecule has 7 nitrogen and oxygen atoms in total. The maximum atomic E-state index is 13.2. The van der Waals surface area contributed by atoms with Gasteiger partial charge in [0, 0.05) is 11.1 Å². The van der Waals surface area contributed by atoms with Crippen molar-refractivity contribution in [1.82, 2.24) is 15.4 Å². The molecule has 2 aromatic carbocycles. The highest BCUT2D eigenvalue weighted by Crippen LogP contribution is 2.33. The summed E-state index contributed by atoms with van der Waals surface area (Å²) in [6.07, 6.45) is 0. The van der Waals surface area contributed by atoms with Gasteiger partial charge in [0.05, 0.1) is 18.7 Å². The average Bonchev–Trinajstić information content (AvgIpc) is 3.17. The van der Waals surface area contributed by atoms with Gasteiger partial charge in [0.15, 0.2) is 17.2 Å². The van der Waals surface area contributed by atoms with Crippen molar-refractivity contribution in [1.29, 1.82) is 0 Å². The van der Waals surface area contributed by atoms with E-state index in [0.717, 1.165) is 0 Å². The van der Waals surface area contributed by atoms with Crippen LogP contribution in [0.2, 0.25) is 5.02 Å². The highest BCUT2D eigenvalue weighted by molar-refractivity contribution is 6.31. The molecule has 9 heteroatoms. The van der Waals surface area contributed by atoms with Crippen molar-refractivity contribution < 1.29 is 23.4 Å². The summed E-state index contributed by atoms with van der Waals surface area (Å²) >= 11 is 6.02. The van der Waals surface area contributed by atoms with Crippen molar-refractivity contribution in [2.45, 2.75) is 13.5 Å². The minimum atomic E-state index is -0.573. The molecule has 0 aliphatic heterocycles. The Morgan fingerprint density at radius 2 is 2.00 bits per heavy atom. The van der Waals surface area contributed by atoms with Crippen molar-refractivity contribution in [3.63, 3.8) is 0 Å². The highest BCUT2D eigenvalue weighted by atomic mass is 35.5. The van der Waals surface area contributed by atoms with Crippen molar-refractivity contribution >= 4 is 17.6 Å². The van der Waals surface area contributed by atoms with Gasteiger partial charge in [-0.1, -0.05) is 17.7 Å². The van der Waals surface area contributed by atoms with E-state index in [4.69, 9.17) is 25.8 Å². The standard InChI is InChI=1S/C19H17ClFN3O4/c1-3-27-19(25)18-17(22-24-23-18)11-5-7-15(16(8-11)26-2)28-10-12-4-6-13(21)9-14(12)20/h4-9H,3,10H2,1-2H3,(H,22,23,24). The van der Waals surface area contributed by atoms with Crippen molar-refractivity contribution in [2.75, 3.05) is 13.7 Å². The minimum Gasteiger partial charge on any atom is -0.493 e. The number of nitrogens with one attached hydrogen (secondary N) is 1. The largest absolute Gasteiger partial charge is 0.493 e. The molecular weight excluding hydrogens is 389 g/mol. The first-order valence-corrected chi connectivity index (χ1v) is 8.74. The van der Waals surface area contributed by atoms with Gasteiger partial charge in [-0.15, -0.1) is 5.10 Å². The molecule has 0 saturated heterocycles. The molecule has 0 unspecified atom stereocenters. The molecule has 0 radical (unpaired) electrons. The van der Waals surface area contributed by atoms with Crippen LogP contribution in [-0.4, -0.2) is 35.1 Å². The van der Waals surface area contributed by atoms with E-state index < -0.39 is 11.8 Å². The van der Waals surface area contributed by atoms with Crippen LogP contribution in [0.15, 0.2) is 36.4 Å². The predicted molar refractivity (Wildman–Crippen MR) is 100 cm³/mol. The molecule has 1 N–H and O–H groups in total. The second-order valence-electron chi connectivity index (χ2n) is 5.63. The summed E-state index contributed by atoms with van der Waals surface area (Å²) in [4.78, 5) is 12.0. The molecule has 0 atom stereocenters. The number of H-pyrrole nitrogens is 1. The minimum absolute atomic E-state index is 0.0793. The fourth-order valence-corrected chi connectivity index (χ4v) is 2.72. The number of ether oxygens (including phenoxy) is 3. The van der Waals surface area contributed by atoms with Gasteiger partial charge in [0.25, 0.3) is 0 Å². The van der Waals surface area contributed by atoms with E-state index in [9.17, 15) is 9.18 Å². The molecule has 0 fully saturated rings. The maximum absolute atomic E-state index is 13.2. The fraction of sp³-hybridized carbons (Fsp3) is 0.211. The first-order chi connectivity index (χ1) is 13.5. The second kappa shape index (κ2) is 8.71. The van der Waals surface area contributed by atoms with Crippen molar-refractivity contribution in [2.24, 2.45) is 0 Å². The molecule has 1 heterocycles. The number of hydrogen-bond acceptors (Lipinski definition) is 6. The maximum Gasteiger partial charge on any atom is 0.361 e. The zero-order chi connectivity index (χ0) is 20.1. The topological polar surface area (TPSA) is 86.3 Å². The van der Waals surface area contributed by atoms with Gasteiger partial charge in [-0.3, -0.25) is 0 Å². The lowest BCUT2D eigenvalue weighted by Crippen LogP contribution is -2.07. The Morgan fingerprint density at radius 3 is 2.71 bits per heavy atom. The van der Waals surface area contributed by atoms with E-state index >= 15 is 0 Å². The van der Waals surface area contributed by atoms with Crippen LogP contribution in [0.1, 0.15) is 23.0 Å². The first kappa shape index (κ1) is 19.6. The Balaban J connectivity index is 1.83. The summed E-state index contributed by atoms with van der Waals surface area (Å²) in [5.41, 5.74) is 1.65. The Bertz CT molecular complexity index is 993. The summed E-state index contributed by atoms with van der Waals surface area (Å²) in [5, 5.41) is 10.6. The van der Waals surface area contributed by atoms with E-state index in [2.05, 4.69) is 15.4 Å². The molecule has 0 amide bonds. The zero-order valence-electron chi connectivity index (χ0n) is 15.2. The molecule has 0 spiro atoms. The molecule has 1 aromatic heterocycles. The number of esters is 1. The van der Waals surface area contributed by atoms with Crippen LogP contribution in [0.5, 0.6) is 11.5 Å². The van der Waals surface area contributed by atoms with Gasteiger partial charge in [0.1, 0.15) is 18.1 Å². The summed E-state index contributed by atoms with van der Waals surface area (Å²) < 4.78 is 29.3. The van der Waals surface area contributed by atoms with Crippen LogP contribution in [0, 0.1) is 5.82 Å². The molecule has 3 rings (SSSR count). The summed E-state index contributed by atoms with van der Waals surface area (Å²) in [6.45, 7) is 2.07.